The molecule has 0 radical (unpaired) electrons. The number of hydrogen-bond acceptors (Lipinski definition) is 0. The summed E-state index contributed by atoms with van der Waals surface area (Å²) in [5, 5.41) is 0. The Balaban J connectivity index is 0. The van der Waals surface area contributed by atoms with E-state index >= 15 is 0 Å². The molecule has 0 N–H and O–H groups in total. The van der Waals surface area contributed by atoms with Crippen LogP contribution in [0.1, 0.15) is 158 Å². The van der Waals surface area contributed by atoms with Crippen molar-refractivity contribution in [1.29, 1.82) is 0 Å². The zero-order valence-electron chi connectivity index (χ0n) is 26.2. The first-order valence-electron chi connectivity index (χ1n) is 15.9. The lowest BCUT2D eigenvalue weighted by atomic mass is 10.0. The van der Waals surface area contributed by atoms with Gasteiger partial charge in [-0.15, -0.1) is 0 Å². The molecule has 0 aliphatic rings. The van der Waals surface area contributed by atoms with E-state index in [9.17, 15) is 0 Å². The van der Waals surface area contributed by atoms with Crippen LogP contribution in [0.3, 0.4) is 0 Å². The first-order chi connectivity index (χ1) is 16.1. The normalized spacial score (nSPS) is 12.7. The Kier molecular flexibility index (Phi) is 24.4. The predicted molar refractivity (Wildman–Crippen MR) is 162 cm³/mol. The number of rotatable bonds is 24. The fourth-order valence-electron chi connectivity index (χ4n) is 6.88. The maximum absolute atomic E-state index is 2.52. The first kappa shape index (κ1) is 37.8. The lowest BCUT2D eigenvalue weighted by Crippen LogP contribution is -3.00. The maximum atomic E-state index is 2.52. The summed E-state index contributed by atoms with van der Waals surface area (Å²) in [6.07, 6.45) is 24.8. The fraction of sp³-hybridized carbons (Fsp3) is 1.00. The highest BCUT2D eigenvalue weighted by atomic mass is 79.9. The largest absolute Gasteiger partial charge is 1.00 e. The van der Waals surface area contributed by atoms with E-state index in [1.165, 1.54) is 133 Å². The van der Waals surface area contributed by atoms with Crippen molar-refractivity contribution in [3.05, 3.63) is 0 Å². The molecule has 214 valence electrons. The van der Waals surface area contributed by atoms with Gasteiger partial charge >= 0.3 is 0 Å². The average Bonchev–Trinajstić information content (AvgIpc) is 2.75. The number of halogens is 1. The van der Waals surface area contributed by atoms with Gasteiger partial charge in [0.15, 0.2) is 0 Å². The molecule has 0 rings (SSSR count). The van der Waals surface area contributed by atoms with E-state index in [4.69, 9.17) is 0 Å². The minimum atomic E-state index is -1.21. The van der Waals surface area contributed by atoms with Gasteiger partial charge in [0, 0.05) is 0 Å². The molecule has 0 aliphatic heterocycles. The summed E-state index contributed by atoms with van der Waals surface area (Å²) in [4.78, 5) is 0. The second kappa shape index (κ2) is 22.6. The summed E-state index contributed by atoms with van der Waals surface area (Å²) in [5.41, 5.74) is 2.72. The van der Waals surface area contributed by atoms with Crippen LogP contribution >= 0.6 is 0 Å². The van der Waals surface area contributed by atoms with Crippen molar-refractivity contribution in [1.82, 2.24) is 0 Å². The van der Waals surface area contributed by atoms with Crippen LogP contribution in [0, 0.1) is 0 Å². The molecule has 0 saturated heterocycles. The Morgan fingerprint density at radius 3 is 1.06 bits per heavy atom. The van der Waals surface area contributed by atoms with Crippen LogP contribution in [0.5, 0.6) is 0 Å². The first-order valence-corrected chi connectivity index (χ1v) is 18.4. The van der Waals surface area contributed by atoms with E-state index < -0.39 is 8.07 Å². The van der Waals surface area contributed by atoms with Gasteiger partial charge in [-0.3, -0.25) is 0 Å². The Hall–Kier alpha value is 0.657. The molecule has 0 heterocycles. The van der Waals surface area contributed by atoms with E-state index in [2.05, 4.69) is 62.6 Å². The van der Waals surface area contributed by atoms with Crippen LogP contribution in [0.25, 0.3) is 0 Å². The summed E-state index contributed by atoms with van der Waals surface area (Å²) in [7, 11) is 3.75. The average molecular weight is 577 g/mol. The molecule has 0 atom stereocenters. The lowest BCUT2D eigenvalue weighted by molar-refractivity contribution is -0.890. The van der Waals surface area contributed by atoms with Gasteiger partial charge in [-0.25, -0.2) is 0 Å². The van der Waals surface area contributed by atoms with Gasteiger partial charge in [0.05, 0.1) is 35.3 Å². The molecule has 0 bridgehead atoms. The quantitative estimate of drug-likeness (QED) is 0.0615. The molecule has 0 spiro atoms. The van der Waals surface area contributed by atoms with Crippen LogP contribution in [0.2, 0.25) is 22.7 Å². The van der Waals surface area contributed by atoms with Gasteiger partial charge in [-0.1, -0.05) is 161 Å². The summed E-state index contributed by atoms with van der Waals surface area (Å²) in [5.74, 6) is 0. The molecule has 0 aromatic heterocycles. The number of nitrogens with zero attached hydrogens (tertiary/aromatic N) is 1. The summed E-state index contributed by atoms with van der Waals surface area (Å²) in [6.45, 7) is 20.2. The van der Waals surface area contributed by atoms with Crippen molar-refractivity contribution in [3.63, 3.8) is 0 Å². The second-order valence-corrected chi connectivity index (χ2v) is 19.6. The minimum Gasteiger partial charge on any atom is -1.00 e. The summed E-state index contributed by atoms with van der Waals surface area (Å²) >= 11 is 0. The van der Waals surface area contributed by atoms with Gasteiger partial charge in [0.2, 0.25) is 0 Å². The molecule has 35 heavy (non-hydrogen) atoms. The van der Waals surface area contributed by atoms with E-state index in [1.807, 2.05) is 0 Å². The van der Waals surface area contributed by atoms with Crippen molar-refractivity contribution >= 4 is 8.07 Å². The van der Waals surface area contributed by atoms with Crippen molar-refractivity contribution in [2.45, 2.75) is 180 Å². The molecule has 0 fully saturated rings. The highest BCUT2D eigenvalue weighted by Gasteiger charge is 2.42. The van der Waals surface area contributed by atoms with Crippen LogP contribution in [-0.4, -0.2) is 39.7 Å². The lowest BCUT2D eigenvalue weighted by Gasteiger charge is -2.44. The SMILES string of the molecule is CCCCCCCCCCCCCCCCCC[N+](C)(C)CCC[Si](C(C)C)(C(C)C)C(C)C.[Br-]. The third kappa shape index (κ3) is 17.7. The highest BCUT2D eigenvalue weighted by Crippen LogP contribution is 2.45. The van der Waals surface area contributed by atoms with Gasteiger partial charge in [0.1, 0.15) is 0 Å². The van der Waals surface area contributed by atoms with Crippen molar-refractivity contribution in [2.24, 2.45) is 0 Å². The molecule has 0 unspecified atom stereocenters. The standard InChI is InChI=1S/C32H70NSi.BrH/c1-10-11-12-13-14-15-16-17-18-19-20-21-22-23-24-25-27-33(8,9)28-26-29-34(30(2)3,31(4)5)32(6)7;/h30-32H,10-29H2,1-9H3;1H/q+1;/p-1. The van der Waals surface area contributed by atoms with Crippen LogP contribution in [0.15, 0.2) is 0 Å². The third-order valence-electron chi connectivity index (χ3n) is 9.21. The van der Waals surface area contributed by atoms with E-state index in [-0.39, 0.29) is 17.0 Å². The monoisotopic (exact) mass is 575 g/mol. The van der Waals surface area contributed by atoms with Gasteiger partial charge in [-0.2, -0.15) is 0 Å². The van der Waals surface area contributed by atoms with Gasteiger partial charge in [-0.05, 0) is 19.3 Å². The van der Waals surface area contributed by atoms with E-state index in [0.29, 0.717) is 0 Å². The highest BCUT2D eigenvalue weighted by molar-refractivity contribution is 6.83. The molecular weight excluding hydrogens is 506 g/mol. The van der Waals surface area contributed by atoms with Crippen molar-refractivity contribution < 1.29 is 21.5 Å². The fourth-order valence-corrected chi connectivity index (χ4v) is 13.4. The second-order valence-electron chi connectivity index (χ2n) is 13.4. The topological polar surface area (TPSA) is 0 Å². The van der Waals surface area contributed by atoms with Gasteiger partial charge < -0.3 is 21.5 Å². The smallest absolute Gasteiger partial charge is 0.0782 e. The van der Waals surface area contributed by atoms with Crippen LogP contribution in [0.4, 0.5) is 0 Å². The molecule has 3 heteroatoms. The molecular formula is C32H70BrNSi. The molecule has 0 aliphatic carbocycles. The molecule has 0 amide bonds. The Morgan fingerprint density at radius 2 is 0.743 bits per heavy atom. The summed E-state index contributed by atoms with van der Waals surface area (Å²) < 4.78 is 1.23. The number of unbranched alkanes of at least 4 members (excludes halogenated alkanes) is 15. The van der Waals surface area contributed by atoms with E-state index in [0.717, 1.165) is 16.6 Å². The molecule has 1 nitrogen and oxygen atoms in total. The van der Waals surface area contributed by atoms with Gasteiger partial charge in [0.25, 0.3) is 0 Å². The van der Waals surface area contributed by atoms with Crippen molar-refractivity contribution in [2.75, 3.05) is 27.2 Å². The zero-order valence-corrected chi connectivity index (χ0v) is 28.8. The molecule has 0 aromatic carbocycles. The number of hydrogen-bond donors (Lipinski definition) is 0. The Bertz CT molecular complexity index is 425. The maximum Gasteiger partial charge on any atom is 0.0782 e. The minimum absolute atomic E-state index is 0. The molecule has 0 aromatic rings. The summed E-state index contributed by atoms with van der Waals surface area (Å²) in [6, 6.07) is 1.53. The van der Waals surface area contributed by atoms with E-state index in [1.54, 1.807) is 0 Å². The van der Waals surface area contributed by atoms with Crippen LogP contribution < -0.4 is 17.0 Å². The Morgan fingerprint density at radius 1 is 0.457 bits per heavy atom. The Labute approximate surface area is 236 Å². The number of quaternary nitrogens is 1. The molecule has 0 saturated carbocycles. The van der Waals surface area contributed by atoms with Crippen LogP contribution in [-0.2, 0) is 0 Å². The predicted octanol–water partition coefficient (Wildman–Crippen LogP) is 8.40. The zero-order chi connectivity index (χ0) is 25.9. The third-order valence-corrected chi connectivity index (χ3v) is 16.9. The van der Waals surface area contributed by atoms with Crippen molar-refractivity contribution in [3.8, 4) is 0 Å².